The van der Waals surface area contributed by atoms with Gasteiger partial charge in [0.2, 0.25) is 0 Å². The third-order valence-electron chi connectivity index (χ3n) is 5.59. The average Bonchev–Trinajstić information content (AvgIpc) is 2.89. The number of nitrogens with two attached hydrogens (primary N) is 1. The van der Waals surface area contributed by atoms with Gasteiger partial charge in [-0.1, -0.05) is 30.3 Å². The van der Waals surface area contributed by atoms with Gasteiger partial charge in [-0.15, -0.1) is 0 Å². The zero-order valence-electron chi connectivity index (χ0n) is 19.3. The third kappa shape index (κ3) is 5.62. The van der Waals surface area contributed by atoms with Crippen LogP contribution in [0.4, 0.5) is 20.4 Å². The highest BCUT2D eigenvalue weighted by atomic mass is 19.2. The number of hydrogen-bond acceptors (Lipinski definition) is 6. The molecule has 1 amide bonds. The number of hydrogen-bond donors (Lipinski definition) is 3. The predicted octanol–water partition coefficient (Wildman–Crippen LogP) is 4.98. The van der Waals surface area contributed by atoms with Gasteiger partial charge in [0.25, 0.3) is 5.91 Å². The predicted molar refractivity (Wildman–Crippen MR) is 133 cm³/mol. The van der Waals surface area contributed by atoms with Crippen LogP contribution in [-0.4, -0.2) is 15.9 Å². The van der Waals surface area contributed by atoms with Crippen molar-refractivity contribution in [2.75, 3.05) is 11.1 Å². The summed E-state index contributed by atoms with van der Waals surface area (Å²) >= 11 is 0. The molecule has 0 bridgehead atoms. The summed E-state index contributed by atoms with van der Waals surface area (Å²) in [7, 11) is 0. The summed E-state index contributed by atoms with van der Waals surface area (Å²) in [4.78, 5) is 21.4. The quantitative estimate of drug-likeness (QED) is 0.341. The lowest BCUT2D eigenvalue weighted by molar-refractivity contribution is 0.0940. The number of rotatable bonds is 7. The maximum atomic E-state index is 13.6. The van der Waals surface area contributed by atoms with Crippen LogP contribution in [0, 0.1) is 23.0 Å². The molecular formula is C27H22F2N6O. The number of carbonyl (C=O) groups is 1. The molecule has 7 nitrogen and oxygen atoms in total. The molecule has 2 aromatic heterocycles. The minimum Gasteiger partial charge on any atom is -0.384 e. The van der Waals surface area contributed by atoms with Crippen molar-refractivity contribution in [3.8, 4) is 17.2 Å². The second-order valence-electron chi connectivity index (χ2n) is 8.12. The molecule has 2 heterocycles. The first kappa shape index (κ1) is 24.3. The zero-order valence-corrected chi connectivity index (χ0v) is 19.3. The van der Waals surface area contributed by atoms with Crippen LogP contribution in [0.3, 0.4) is 0 Å². The molecule has 180 valence electrons. The third-order valence-corrected chi connectivity index (χ3v) is 5.59. The van der Waals surface area contributed by atoms with E-state index in [1.807, 2.05) is 36.4 Å². The van der Waals surface area contributed by atoms with Gasteiger partial charge in [-0.2, -0.15) is 5.26 Å². The Bertz CT molecular complexity index is 1430. The number of nitrogens with one attached hydrogen (secondary N) is 2. The van der Waals surface area contributed by atoms with Gasteiger partial charge < -0.3 is 16.4 Å². The van der Waals surface area contributed by atoms with E-state index in [2.05, 4.69) is 20.6 Å². The molecule has 0 aliphatic heterocycles. The van der Waals surface area contributed by atoms with Crippen molar-refractivity contribution in [1.29, 1.82) is 5.26 Å². The molecule has 9 heteroatoms. The van der Waals surface area contributed by atoms with Crippen molar-refractivity contribution in [2.24, 2.45) is 0 Å². The van der Waals surface area contributed by atoms with E-state index in [0.717, 1.165) is 28.8 Å². The zero-order chi connectivity index (χ0) is 25.7. The largest absolute Gasteiger partial charge is 0.384 e. The maximum absolute atomic E-state index is 13.6. The minimum absolute atomic E-state index is 0.160. The van der Waals surface area contributed by atoms with Crippen LogP contribution in [0.15, 0.2) is 73.1 Å². The van der Waals surface area contributed by atoms with E-state index in [1.165, 1.54) is 18.3 Å². The molecule has 1 atom stereocenters. The smallest absolute Gasteiger partial charge is 0.255 e. The highest BCUT2D eigenvalue weighted by molar-refractivity contribution is 5.99. The SMILES string of the molecule is CC(NC(=O)c1cc(C#N)cnc1NCc1ccc(-c2ccc(N)nc2)cc1)c1ccc(F)c(F)c1. The molecule has 1 unspecified atom stereocenters. The Morgan fingerprint density at radius 2 is 1.75 bits per heavy atom. The van der Waals surface area contributed by atoms with Crippen LogP contribution < -0.4 is 16.4 Å². The molecule has 0 aliphatic carbocycles. The summed E-state index contributed by atoms with van der Waals surface area (Å²) in [5.74, 6) is -1.73. The van der Waals surface area contributed by atoms with Gasteiger partial charge >= 0.3 is 0 Å². The average molecular weight is 485 g/mol. The number of nitrogens with zero attached hydrogens (tertiary/aromatic N) is 3. The second-order valence-corrected chi connectivity index (χ2v) is 8.12. The summed E-state index contributed by atoms with van der Waals surface area (Å²) in [6, 6.07) is 17.6. The molecule has 4 aromatic rings. The van der Waals surface area contributed by atoms with E-state index in [4.69, 9.17) is 5.73 Å². The van der Waals surface area contributed by atoms with Crippen molar-refractivity contribution in [3.05, 3.63) is 107 Å². The Morgan fingerprint density at radius 3 is 2.42 bits per heavy atom. The number of nitriles is 1. The number of carbonyl (C=O) groups excluding carboxylic acids is 1. The molecular weight excluding hydrogens is 462 g/mol. The minimum atomic E-state index is -0.997. The van der Waals surface area contributed by atoms with Crippen molar-refractivity contribution < 1.29 is 13.6 Å². The van der Waals surface area contributed by atoms with Crippen LogP contribution in [-0.2, 0) is 6.54 Å². The van der Waals surface area contributed by atoms with Crippen LogP contribution >= 0.6 is 0 Å². The normalized spacial score (nSPS) is 11.4. The van der Waals surface area contributed by atoms with E-state index >= 15 is 0 Å². The number of amides is 1. The standard InChI is InChI=1S/C27H22F2N6O/c1-16(20-6-8-23(28)24(29)11-20)35-27(36)22-10-18(12-30)14-34-26(22)33-13-17-2-4-19(5-3-17)21-7-9-25(31)32-15-21/h2-11,14-16H,13H2,1H3,(H2,31,32)(H,33,34)(H,35,36). The Morgan fingerprint density at radius 1 is 1.00 bits per heavy atom. The van der Waals surface area contributed by atoms with Crippen molar-refractivity contribution in [3.63, 3.8) is 0 Å². The Labute approximate surface area is 206 Å². The monoisotopic (exact) mass is 484 g/mol. The van der Waals surface area contributed by atoms with E-state index in [0.29, 0.717) is 17.9 Å². The molecule has 0 fully saturated rings. The molecule has 36 heavy (non-hydrogen) atoms. The lowest BCUT2D eigenvalue weighted by Crippen LogP contribution is -2.28. The van der Waals surface area contributed by atoms with E-state index in [9.17, 15) is 18.8 Å². The van der Waals surface area contributed by atoms with Crippen LogP contribution in [0.2, 0.25) is 0 Å². The van der Waals surface area contributed by atoms with Gasteiger partial charge in [-0.3, -0.25) is 4.79 Å². The van der Waals surface area contributed by atoms with Crippen molar-refractivity contribution in [1.82, 2.24) is 15.3 Å². The summed E-state index contributed by atoms with van der Waals surface area (Å²) in [6.45, 7) is 2.02. The molecule has 4 rings (SSSR count). The topological polar surface area (TPSA) is 117 Å². The fourth-order valence-corrected chi connectivity index (χ4v) is 3.56. The lowest BCUT2D eigenvalue weighted by atomic mass is 10.1. The Hall–Kier alpha value is -4.84. The summed E-state index contributed by atoms with van der Waals surface area (Å²) in [5.41, 5.74) is 9.28. The van der Waals surface area contributed by atoms with E-state index in [1.54, 1.807) is 19.2 Å². The Balaban J connectivity index is 1.48. The molecule has 0 spiro atoms. The molecule has 0 aliphatic rings. The van der Waals surface area contributed by atoms with Gasteiger partial charge in [0.15, 0.2) is 11.6 Å². The molecule has 0 saturated heterocycles. The fraction of sp³-hybridized carbons (Fsp3) is 0.111. The summed E-state index contributed by atoms with van der Waals surface area (Å²) < 4.78 is 26.9. The number of nitrogen functional groups attached to an aromatic ring is 1. The summed E-state index contributed by atoms with van der Waals surface area (Å²) in [5, 5.41) is 15.1. The van der Waals surface area contributed by atoms with Gasteiger partial charge in [0, 0.05) is 24.5 Å². The highest BCUT2D eigenvalue weighted by Crippen LogP contribution is 2.22. The first-order valence-electron chi connectivity index (χ1n) is 11.0. The highest BCUT2D eigenvalue weighted by Gasteiger charge is 2.18. The van der Waals surface area contributed by atoms with Crippen LogP contribution in [0.25, 0.3) is 11.1 Å². The van der Waals surface area contributed by atoms with Gasteiger partial charge in [-0.05, 0) is 53.9 Å². The van der Waals surface area contributed by atoms with Gasteiger partial charge in [0.05, 0.1) is 17.2 Å². The van der Waals surface area contributed by atoms with E-state index < -0.39 is 23.6 Å². The van der Waals surface area contributed by atoms with Gasteiger partial charge in [0.1, 0.15) is 17.7 Å². The molecule has 0 saturated carbocycles. The summed E-state index contributed by atoms with van der Waals surface area (Å²) in [6.07, 6.45) is 3.07. The number of halogens is 2. The number of aromatic nitrogens is 2. The first-order chi connectivity index (χ1) is 17.3. The molecule has 4 N–H and O–H groups in total. The molecule has 0 radical (unpaired) electrons. The van der Waals surface area contributed by atoms with Crippen LogP contribution in [0.1, 0.15) is 40.0 Å². The number of pyridine rings is 2. The Kier molecular flexibility index (Phi) is 7.16. The number of benzene rings is 2. The first-order valence-corrected chi connectivity index (χ1v) is 11.0. The lowest BCUT2D eigenvalue weighted by Gasteiger charge is -2.17. The second kappa shape index (κ2) is 10.6. The fourth-order valence-electron chi connectivity index (χ4n) is 3.56. The van der Waals surface area contributed by atoms with Gasteiger partial charge in [-0.25, -0.2) is 18.7 Å². The molecule has 2 aromatic carbocycles. The maximum Gasteiger partial charge on any atom is 0.255 e. The van der Waals surface area contributed by atoms with Crippen molar-refractivity contribution >= 4 is 17.5 Å². The van der Waals surface area contributed by atoms with E-state index in [-0.39, 0.29) is 16.9 Å². The number of anilines is 2. The van der Waals surface area contributed by atoms with Crippen LogP contribution in [0.5, 0.6) is 0 Å². The van der Waals surface area contributed by atoms with Crippen molar-refractivity contribution in [2.45, 2.75) is 19.5 Å².